The van der Waals surface area contributed by atoms with Crippen LogP contribution in [0.3, 0.4) is 0 Å². The Hall–Kier alpha value is -2.57. The lowest BCUT2D eigenvalue weighted by atomic mass is 10.1. The molecule has 4 rings (SSSR count). The monoisotopic (exact) mass is 413 g/mol. The Morgan fingerprint density at radius 2 is 1.79 bits per heavy atom. The lowest BCUT2D eigenvalue weighted by Crippen LogP contribution is -2.49. The number of hydrogen-bond acceptors (Lipinski definition) is 4. The number of nitrogens with zero attached hydrogens (tertiary/aromatic N) is 3. The van der Waals surface area contributed by atoms with Crippen LogP contribution in [0, 0.1) is 0 Å². The summed E-state index contributed by atoms with van der Waals surface area (Å²) in [5.41, 5.74) is 2.40. The summed E-state index contributed by atoms with van der Waals surface area (Å²) in [6.07, 6.45) is -0.364. The molecule has 0 saturated carbocycles. The van der Waals surface area contributed by atoms with Crippen molar-refractivity contribution in [2.24, 2.45) is 0 Å². The van der Waals surface area contributed by atoms with Crippen LogP contribution in [-0.4, -0.2) is 61.1 Å². The fourth-order valence-corrected chi connectivity index (χ4v) is 4.23. The fourth-order valence-electron chi connectivity index (χ4n) is 3.94. The van der Waals surface area contributed by atoms with Gasteiger partial charge in [-0.25, -0.2) is 4.79 Å². The summed E-state index contributed by atoms with van der Waals surface area (Å²) >= 11 is 6.35. The number of amides is 2. The van der Waals surface area contributed by atoms with E-state index >= 15 is 0 Å². The van der Waals surface area contributed by atoms with Crippen molar-refractivity contribution in [3.8, 4) is 0 Å². The van der Waals surface area contributed by atoms with Gasteiger partial charge in [0.15, 0.2) is 0 Å². The number of benzene rings is 2. The third kappa shape index (κ3) is 4.09. The summed E-state index contributed by atoms with van der Waals surface area (Å²) in [5.74, 6) is -0.00976. The van der Waals surface area contributed by atoms with Gasteiger partial charge in [-0.1, -0.05) is 35.9 Å². The summed E-state index contributed by atoms with van der Waals surface area (Å²) in [6.45, 7) is 5.93. The second-order valence-electron chi connectivity index (χ2n) is 7.34. The molecule has 0 aromatic heterocycles. The molecule has 29 heavy (non-hydrogen) atoms. The van der Waals surface area contributed by atoms with Crippen LogP contribution >= 0.6 is 11.6 Å². The summed E-state index contributed by atoms with van der Waals surface area (Å²) < 4.78 is 4.99. The van der Waals surface area contributed by atoms with Gasteiger partial charge >= 0.3 is 6.09 Å². The normalized spacial score (nSPS) is 18.6. The van der Waals surface area contributed by atoms with Crippen molar-refractivity contribution in [1.29, 1.82) is 0 Å². The summed E-state index contributed by atoms with van der Waals surface area (Å²) in [4.78, 5) is 30.6. The summed E-state index contributed by atoms with van der Waals surface area (Å²) in [7, 11) is 0. The minimum atomic E-state index is -0.364. The SMILES string of the molecule is CC(c1ccccc1Cl)N1CCN(C(=O)c2cccc(N3CCOC3=O)c2)CC1. The molecule has 0 bridgehead atoms. The van der Waals surface area contributed by atoms with Gasteiger partial charge in [-0.15, -0.1) is 0 Å². The van der Waals surface area contributed by atoms with Gasteiger partial charge < -0.3 is 9.64 Å². The van der Waals surface area contributed by atoms with Crippen molar-refractivity contribution in [3.63, 3.8) is 0 Å². The predicted octanol–water partition coefficient (Wildman–Crippen LogP) is 3.82. The van der Waals surface area contributed by atoms with Crippen LogP contribution in [0.25, 0.3) is 0 Å². The Bertz CT molecular complexity index is 912. The van der Waals surface area contributed by atoms with E-state index in [2.05, 4.69) is 17.9 Å². The number of anilines is 1. The van der Waals surface area contributed by atoms with Crippen molar-refractivity contribution in [2.75, 3.05) is 44.2 Å². The lowest BCUT2D eigenvalue weighted by Gasteiger charge is -2.38. The first kappa shape index (κ1) is 19.7. The molecule has 7 heteroatoms. The second-order valence-corrected chi connectivity index (χ2v) is 7.75. The molecule has 2 aromatic carbocycles. The van der Waals surface area contributed by atoms with Crippen LogP contribution in [0.15, 0.2) is 48.5 Å². The minimum Gasteiger partial charge on any atom is -0.447 e. The fraction of sp³-hybridized carbons (Fsp3) is 0.364. The van der Waals surface area contributed by atoms with E-state index in [0.717, 1.165) is 23.7 Å². The number of rotatable bonds is 4. The predicted molar refractivity (Wildman–Crippen MR) is 112 cm³/mol. The van der Waals surface area contributed by atoms with Crippen molar-refractivity contribution < 1.29 is 14.3 Å². The molecule has 1 atom stereocenters. The van der Waals surface area contributed by atoms with E-state index in [4.69, 9.17) is 16.3 Å². The Kier molecular flexibility index (Phi) is 5.74. The number of hydrogen-bond donors (Lipinski definition) is 0. The highest BCUT2D eigenvalue weighted by atomic mass is 35.5. The largest absolute Gasteiger partial charge is 0.447 e. The van der Waals surface area contributed by atoms with Gasteiger partial charge in [-0.3, -0.25) is 14.6 Å². The molecule has 2 fully saturated rings. The molecule has 152 valence electrons. The topological polar surface area (TPSA) is 53.1 Å². The van der Waals surface area contributed by atoms with E-state index in [1.807, 2.05) is 35.2 Å². The Morgan fingerprint density at radius 1 is 1.03 bits per heavy atom. The molecule has 6 nitrogen and oxygen atoms in total. The zero-order valence-electron chi connectivity index (χ0n) is 16.4. The Morgan fingerprint density at radius 3 is 2.48 bits per heavy atom. The quantitative estimate of drug-likeness (QED) is 0.764. The van der Waals surface area contributed by atoms with Gasteiger partial charge in [-0.05, 0) is 36.8 Å². The molecule has 2 aromatic rings. The average molecular weight is 414 g/mol. The molecule has 0 aliphatic carbocycles. The van der Waals surface area contributed by atoms with Crippen molar-refractivity contribution in [1.82, 2.24) is 9.80 Å². The highest BCUT2D eigenvalue weighted by Crippen LogP contribution is 2.28. The Labute approximate surface area is 175 Å². The number of carbonyl (C=O) groups excluding carboxylic acids is 2. The van der Waals surface area contributed by atoms with E-state index in [1.165, 1.54) is 0 Å². The van der Waals surface area contributed by atoms with Gasteiger partial charge in [0.1, 0.15) is 6.61 Å². The molecule has 2 amide bonds. The van der Waals surface area contributed by atoms with Crippen LogP contribution in [-0.2, 0) is 4.74 Å². The molecule has 2 heterocycles. The maximum absolute atomic E-state index is 13.0. The van der Waals surface area contributed by atoms with E-state index in [1.54, 1.807) is 17.0 Å². The molecule has 2 aliphatic heterocycles. The standard InChI is InChI=1S/C22H24ClN3O3/c1-16(19-7-2-3-8-20(19)23)24-9-11-25(12-10-24)21(27)17-5-4-6-18(15-17)26-13-14-29-22(26)28/h2-8,15-16H,9-14H2,1H3. The number of carbonyl (C=O) groups is 2. The highest BCUT2D eigenvalue weighted by molar-refractivity contribution is 6.31. The molecule has 0 N–H and O–H groups in total. The van der Waals surface area contributed by atoms with E-state index in [9.17, 15) is 9.59 Å². The maximum Gasteiger partial charge on any atom is 0.414 e. The first-order valence-corrected chi connectivity index (χ1v) is 10.2. The lowest BCUT2D eigenvalue weighted by molar-refractivity contribution is 0.0582. The molecular formula is C22H24ClN3O3. The molecule has 1 unspecified atom stereocenters. The van der Waals surface area contributed by atoms with Gasteiger partial charge in [-0.2, -0.15) is 0 Å². The van der Waals surface area contributed by atoms with Gasteiger partial charge in [0.25, 0.3) is 5.91 Å². The van der Waals surface area contributed by atoms with E-state index < -0.39 is 0 Å². The van der Waals surface area contributed by atoms with Crippen molar-refractivity contribution >= 4 is 29.3 Å². The highest BCUT2D eigenvalue weighted by Gasteiger charge is 2.28. The van der Waals surface area contributed by atoms with Gasteiger partial charge in [0.2, 0.25) is 0 Å². The van der Waals surface area contributed by atoms with Crippen LogP contribution in [0.2, 0.25) is 5.02 Å². The zero-order chi connectivity index (χ0) is 20.4. The van der Waals surface area contributed by atoms with E-state index in [-0.39, 0.29) is 18.0 Å². The number of cyclic esters (lactones) is 1. The number of piperazine rings is 1. The molecule has 0 spiro atoms. The zero-order valence-corrected chi connectivity index (χ0v) is 17.1. The third-order valence-corrected chi connectivity index (χ3v) is 6.01. The number of ether oxygens (including phenoxy) is 1. The smallest absolute Gasteiger partial charge is 0.414 e. The average Bonchev–Trinajstić information content (AvgIpc) is 3.19. The van der Waals surface area contributed by atoms with Crippen LogP contribution in [0.4, 0.5) is 10.5 Å². The molecule has 2 aliphatic rings. The van der Waals surface area contributed by atoms with Crippen LogP contribution in [0.1, 0.15) is 28.9 Å². The van der Waals surface area contributed by atoms with Gasteiger partial charge in [0.05, 0.1) is 6.54 Å². The van der Waals surface area contributed by atoms with Crippen molar-refractivity contribution in [3.05, 3.63) is 64.7 Å². The number of halogens is 1. The minimum absolute atomic E-state index is 0.00976. The molecule has 0 radical (unpaired) electrons. The van der Waals surface area contributed by atoms with Crippen molar-refractivity contribution in [2.45, 2.75) is 13.0 Å². The summed E-state index contributed by atoms with van der Waals surface area (Å²) in [6, 6.07) is 15.3. The van der Waals surface area contributed by atoms with Crippen LogP contribution in [0.5, 0.6) is 0 Å². The maximum atomic E-state index is 13.0. The van der Waals surface area contributed by atoms with Crippen LogP contribution < -0.4 is 4.90 Å². The molecule has 2 saturated heterocycles. The molecular weight excluding hydrogens is 390 g/mol. The third-order valence-electron chi connectivity index (χ3n) is 5.67. The summed E-state index contributed by atoms with van der Waals surface area (Å²) in [5, 5.41) is 0.774. The first-order valence-electron chi connectivity index (χ1n) is 9.86. The Balaban J connectivity index is 1.40. The first-order chi connectivity index (χ1) is 14.0. The van der Waals surface area contributed by atoms with Gasteiger partial charge in [0, 0.05) is 48.5 Å². The second kappa shape index (κ2) is 8.43. The van der Waals surface area contributed by atoms with E-state index in [0.29, 0.717) is 37.5 Å².